The highest BCUT2D eigenvalue weighted by molar-refractivity contribution is 5.79. The Morgan fingerprint density at radius 1 is 1.00 bits per heavy atom. The number of nitrogens with one attached hydrogen (secondary N) is 3. The van der Waals surface area contributed by atoms with E-state index in [1.807, 2.05) is 12.4 Å². The molecule has 0 spiro atoms. The molecule has 164 valence electrons. The van der Waals surface area contributed by atoms with E-state index in [9.17, 15) is 4.79 Å². The number of hydrogen-bond donors (Lipinski definition) is 3. The van der Waals surface area contributed by atoms with Gasteiger partial charge in [-0.1, -0.05) is 30.3 Å². The second-order valence-electron chi connectivity index (χ2n) is 9.60. The molecule has 1 saturated carbocycles. The van der Waals surface area contributed by atoms with E-state index in [0.717, 1.165) is 38.8 Å². The van der Waals surface area contributed by atoms with Gasteiger partial charge in [0.15, 0.2) is 0 Å². The highest BCUT2D eigenvalue weighted by Gasteiger charge is 2.43. The van der Waals surface area contributed by atoms with Crippen molar-refractivity contribution in [2.24, 2.45) is 11.8 Å². The van der Waals surface area contributed by atoms with E-state index in [0.29, 0.717) is 17.9 Å². The first-order valence-corrected chi connectivity index (χ1v) is 11.6. The lowest BCUT2D eigenvalue weighted by Crippen LogP contribution is -2.51. The van der Waals surface area contributed by atoms with E-state index in [1.54, 1.807) is 0 Å². The Hall–Kier alpha value is -2.28. The molecule has 0 bridgehead atoms. The van der Waals surface area contributed by atoms with Gasteiger partial charge >= 0.3 is 0 Å². The van der Waals surface area contributed by atoms with Crippen molar-refractivity contribution in [3.63, 3.8) is 0 Å². The number of likely N-dealkylation sites (N-methyl/N-ethyl adjacent to an activating group) is 1. The molecule has 6 atom stereocenters. The van der Waals surface area contributed by atoms with Crippen molar-refractivity contribution in [1.29, 1.82) is 0 Å². The van der Waals surface area contributed by atoms with Crippen LogP contribution >= 0.6 is 0 Å². The second-order valence-corrected chi connectivity index (χ2v) is 9.60. The van der Waals surface area contributed by atoms with E-state index in [1.165, 1.54) is 11.1 Å². The number of carbonyl (C=O) groups is 1. The van der Waals surface area contributed by atoms with Gasteiger partial charge in [0, 0.05) is 43.5 Å². The van der Waals surface area contributed by atoms with Gasteiger partial charge in [0.2, 0.25) is 5.91 Å². The van der Waals surface area contributed by atoms with Crippen molar-refractivity contribution in [3.8, 4) is 0 Å². The summed E-state index contributed by atoms with van der Waals surface area (Å²) in [4.78, 5) is 19.8. The zero-order chi connectivity index (χ0) is 21.2. The van der Waals surface area contributed by atoms with Gasteiger partial charge in [0.05, 0.1) is 6.04 Å². The molecule has 6 unspecified atom stereocenters. The molecular weight excluding hydrogens is 386 g/mol. The number of likely N-dealkylation sites (tertiary alicyclic amines) is 1. The number of nitrogens with zero attached hydrogens (tertiary/aromatic N) is 2. The van der Waals surface area contributed by atoms with E-state index >= 15 is 0 Å². The van der Waals surface area contributed by atoms with Crippen molar-refractivity contribution in [2.75, 3.05) is 20.1 Å². The molecule has 5 rings (SSSR count). The van der Waals surface area contributed by atoms with Crippen molar-refractivity contribution in [1.82, 2.24) is 26.1 Å². The average Bonchev–Trinajstić information content (AvgIpc) is 3.23. The number of fused-ring (bicyclic) bond motifs is 1. The summed E-state index contributed by atoms with van der Waals surface area (Å²) in [5.74, 6) is 1.24. The van der Waals surface area contributed by atoms with Crippen LogP contribution in [-0.4, -0.2) is 48.0 Å². The molecule has 6 nitrogen and oxygen atoms in total. The van der Waals surface area contributed by atoms with Gasteiger partial charge < -0.3 is 10.2 Å². The lowest BCUT2D eigenvalue weighted by molar-refractivity contribution is -0.127. The second kappa shape index (κ2) is 9.07. The Morgan fingerprint density at radius 2 is 1.81 bits per heavy atom. The van der Waals surface area contributed by atoms with Crippen LogP contribution in [0, 0.1) is 11.8 Å². The molecule has 2 aliphatic heterocycles. The molecular formula is C25H33N5O. The van der Waals surface area contributed by atoms with Crippen LogP contribution in [-0.2, 0) is 4.79 Å². The van der Waals surface area contributed by atoms with Crippen LogP contribution in [0.15, 0.2) is 54.9 Å². The summed E-state index contributed by atoms with van der Waals surface area (Å²) in [6.45, 7) is 1.98. The zero-order valence-corrected chi connectivity index (χ0v) is 18.2. The van der Waals surface area contributed by atoms with Gasteiger partial charge in [-0.25, -0.2) is 5.43 Å². The Balaban J connectivity index is 1.22. The molecule has 3 heterocycles. The Kier molecular flexibility index (Phi) is 6.03. The first kappa shape index (κ1) is 20.6. The van der Waals surface area contributed by atoms with Crippen molar-refractivity contribution >= 4 is 5.91 Å². The van der Waals surface area contributed by atoms with Crippen LogP contribution in [0.4, 0.5) is 0 Å². The summed E-state index contributed by atoms with van der Waals surface area (Å²) >= 11 is 0. The maximum absolute atomic E-state index is 13.3. The van der Waals surface area contributed by atoms with E-state index in [2.05, 4.69) is 75.6 Å². The number of carbonyl (C=O) groups excluding carboxylic acids is 1. The summed E-state index contributed by atoms with van der Waals surface area (Å²) in [6.07, 6.45) is 7.62. The van der Waals surface area contributed by atoms with Crippen LogP contribution < -0.4 is 16.2 Å². The lowest BCUT2D eigenvalue weighted by Gasteiger charge is -2.38. The minimum absolute atomic E-state index is 0.0923. The van der Waals surface area contributed by atoms with Crippen LogP contribution in [0.2, 0.25) is 0 Å². The van der Waals surface area contributed by atoms with Gasteiger partial charge in [0.25, 0.3) is 0 Å². The first-order chi connectivity index (χ1) is 15.2. The number of hydrazine groups is 1. The fourth-order valence-corrected chi connectivity index (χ4v) is 5.91. The molecule has 1 amide bonds. The van der Waals surface area contributed by atoms with Crippen LogP contribution in [0.3, 0.4) is 0 Å². The summed E-state index contributed by atoms with van der Waals surface area (Å²) < 4.78 is 0. The Labute approximate surface area is 184 Å². The lowest BCUT2D eigenvalue weighted by atomic mass is 9.74. The smallest absolute Gasteiger partial charge is 0.223 e. The van der Waals surface area contributed by atoms with Crippen molar-refractivity contribution < 1.29 is 4.79 Å². The normalized spacial score (nSPS) is 33.6. The van der Waals surface area contributed by atoms with Gasteiger partial charge in [-0.05, 0) is 67.8 Å². The summed E-state index contributed by atoms with van der Waals surface area (Å²) in [5, 5.41) is 3.42. The van der Waals surface area contributed by atoms with Crippen LogP contribution in [0.1, 0.15) is 48.8 Å². The van der Waals surface area contributed by atoms with E-state index < -0.39 is 0 Å². The molecule has 31 heavy (non-hydrogen) atoms. The number of pyridine rings is 1. The third kappa shape index (κ3) is 4.52. The van der Waals surface area contributed by atoms with Crippen molar-refractivity contribution in [3.05, 3.63) is 66.0 Å². The Morgan fingerprint density at radius 3 is 2.61 bits per heavy atom. The molecule has 2 aromatic rings. The molecule has 2 saturated heterocycles. The maximum Gasteiger partial charge on any atom is 0.223 e. The zero-order valence-electron chi connectivity index (χ0n) is 18.2. The molecule has 1 aromatic carbocycles. The largest absolute Gasteiger partial charge is 0.352 e. The summed E-state index contributed by atoms with van der Waals surface area (Å²) in [5.41, 5.74) is 9.56. The van der Waals surface area contributed by atoms with Crippen LogP contribution in [0.5, 0.6) is 0 Å². The minimum Gasteiger partial charge on any atom is -0.352 e. The first-order valence-electron chi connectivity index (χ1n) is 11.6. The van der Waals surface area contributed by atoms with Gasteiger partial charge in [-0.3, -0.25) is 15.2 Å². The van der Waals surface area contributed by atoms with Gasteiger partial charge in [0.1, 0.15) is 0 Å². The Bertz CT molecular complexity index is 876. The van der Waals surface area contributed by atoms with Crippen LogP contribution in [0.25, 0.3) is 0 Å². The highest BCUT2D eigenvalue weighted by Crippen LogP contribution is 2.40. The third-order valence-electron chi connectivity index (χ3n) is 7.44. The number of rotatable bonds is 4. The predicted octanol–water partition coefficient (Wildman–Crippen LogP) is 2.62. The van der Waals surface area contributed by atoms with E-state index in [4.69, 9.17) is 0 Å². The topological polar surface area (TPSA) is 69.3 Å². The summed E-state index contributed by atoms with van der Waals surface area (Å²) in [7, 11) is 2.16. The molecule has 3 aliphatic rings. The van der Waals surface area contributed by atoms with Gasteiger partial charge in [-0.2, -0.15) is 0 Å². The number of aromatic nitrogens is 1. The number of amides is 1. The molecule has 3 N–H and O–H groups in total. The number of piperidine rings is 1. The fraction of sp³-hybridized carbons (Fsp3) is 0.520. The van der Waals surface area contributed by atoms with Gasteiger partial charge in [-0.15, -0.1) is 0 Å². The third-order valence-corrected chi connectivity index (χ3v) is 7.44. The average molecular weight is 420 g/mol. The SMILES string of the molecule is CN1CC(NC(=O)C2CCC3NNC(c4ccncc4)C3C2)CC(c2ccccc2)C1. The fourth-order valence-electron chi connectivity index (χ4n) is 5.91. The monoisotopic (exact) mass is 419 g/mol. The molecule has 1 aromatic heterocycles. The maximum atomic E-state index is 13.3. The predicted molar refractivity (Wildman–Crippen MR) is 121 cm³/mol. The molecule has 3 fully saturated rings. The van der Waals surface area contributed by atoms with E-state index in [-0.39, 0.29) is 23.9 Å². The quantitative estimate of drug-likeness (QED) is 0.711. The molecule has 6 heteroatoms. The highest BCUT2D eigenvalue weighted by atomic mass is 16.2. The number of benzene rings is 1. The standard InChI is InChI=1S/C25H33N5O/c1-30-15-20(17-5-3-2-4-6-17)13-21(16-30)27-25(31)19-7-8-23-22(14-19)24(29-28-23)18-9-11-26-12-10-18/h2-6,9-12,19-24,28-29H,7-8,13-16H2,1H3,(H,27,31). The number of hydrogen-bond acceptors (Lipinski definition) is 5. The van der Waals surface area contributed by atoms with Crippen molar-refractivity contribution in [2.45, 2.75) is 49.7 Å². The molecule has 1 aliphatic carbocycles. The molecule has 0 radical (unpaired) electrons. The minimum atomic E-state index is 0.0923. The summed E-state index contributed by atoms with van der Waals surface area (Å²) in [6, 6.07) is 15.8.